The SMILES string of the molecule is Cc1c(Cl)cccc1NC(=O)COC(=O)c1ccccc1CCc1ccccc1. The smallest absolute Gasteiger partial charge is 0.338 e. The molecule has 0 unspecified atom stereocenters. The van der Waals surface area contributed by atoms with Crippen molar-refractivity contribution in [2.75, 3.05) is 11.9 Å². The predicted octanol–water partition coefficient (Wildman–Crippen LogP) is 5.23. The van der Waals surface area contributed by atoms with E-state index in [1.165, 1.54) is 5.56 Å². The molecule has 0 bridgehead atoms. The van der Waals surface area contributed by atoms with Crippen molar-refractivity contribution in [2.24, 2.45) is 0 Å². The summed E-state index contributed by atoms with van der Waals surface area (Å²) in [4.78, 5) is 24.7. The number of aryl methyl sites for hydroxylation is 2. The van der Waals surface area contributed by atoms with E-state index in [1.54, 1.807) is 30.3 Å². The number of nitrogens with one attached hydrogen (secondary N) is 1. The second-order valence-electron chi connectivity index (χ2n) is 6.68. The van der Waals surface area contributed by atoms with Crippen molar-refractivity contribution in [3.05, 3.63) is 100 Å². The molecule has 0 aliphatic heterocycles. The fraction of sp³-hybridized carbons (Fsp3) is 0.167. The van der Waals surface area contributed by atoms with Gasteiger partial charge in [-0.3, -0.25) is 4.79 Å². The van der Waals surface area contributed by atoms with Gasteiger partial charge in [-0.05, 0) is 54.7 Å². The number of carbonyl (C=O) groups excluding carboxylic acids is 2. The van der Waals surface area contributed by atoms with Crippen LogP contribution in [0.3, 0.4) is 0 Å². The van der Waals surface area contributed by atoms with Crippen LogP contribution in [0.5, 0.6) is 0 Å². The van der Waals surface area contributed by atoms with Gasteiger partial charge in [-0.25, -0.2) is 4.79 Å². The lowest BCUT2D eigenvalue weighted by atomic mass is 10.00. The van der Waals surface area contributed by atoms with E-state index in [0.717, 1.165) is 17.5 Å². The van der Waals surface area contributed by atoms with Crippen LogP contribution in [0, 0.1) is 6.92 Å². The third-order valence-corrected chi connectivity index (χ3v) is 5.05. The Labute approximate surface area is 175 Å². The van der Waals surface area contributed by atoms with E-state index in [0.29, 0.717) is 22.7 Å². The van der Waals surface area contributed by atoms with Crippen LogP contribution < -0.4 is 5.32 Å². The molecule has 3 rings (SSSR count). The molecule has 0 aromatic heterocycles. The monoisotopic (exact) mass is 407 g/mol. The molecule has 5 heteroatoms. The van der Waals surface area contributed by atoms with Crippen molar-refractivity contribution in [1.29, 1.82) is 0 Å². The van der Waals surface area contributed by atoms with Gasteiger partial charge in [0.2, 0.25) is 0 Å². The van der Waals surface area contributed by atoms with Gasteiger partial charge in [0.1, 0.15) is 0 Å². The minimum absolute atomic E-state index is 0.363. The number of carbonyl (C=O) groups is 2. The maximum atomic E-state index is 12.5. The molecule has 4 nitrogen and oxygen atoms in total. The summed E-state index contributed by atoms with van der Waals surface area (Å²) in [5, 5.41) is 3.28. The molecule has 1 N–H and O–H groups in total. The molecule has 3 aromatic carbocycles. The topological polar surface area (TPSA) is 55.4 Å². The summed E-state index contributed by atoms with van der Waals surface area (Å²) in [5.74, 6) is -0.919. The summed E-state index contributed by atoms with van der Waals surface area (Å²) < 4.78 is 5.24. The van der Waals surface area contributed by atoms with Gasteiger partial charge < -0.3 is 10.1 Å². The first-order valence-corrected chi connectivity index (χ1v) is 9.76. The van der Waals surface area contributed by atoms with E-state index in [4.69, 9.17) is 16.3 Å². The lowest BCUT2D eigenvalue weighted by molar-refractivity contribution is -0.119. The fourth-order valence-corrected chi connectivity index (χ4v) is 3.17. The summed E-state index contributed by atoms with van der Waals surface area (Å²) in [5.41, 5.74) is 3.94. The van der Waals surface area contributed by atoms with Crippen LogP contribution in [0.25, 0.3) is 0 Å². The molecule has 0 radical (unpaired) electrons. The predicted molar refractivity (Wildman–Crippen MR) is 115 cm³/mol. The Morgan fingerprint density at radius 2 is 1.62 bits per heavy atom. The van der Waals surface area contributed by atoms with Crippen molar-refractivity contribution in [2.45, 2.75) is 19.8 Å². The Morgan fingerprint density at radius 1 is 0.897 bits per heavy atom. The Kier molecular flexibility index (Phi) is 7.04. The van der Waals surface area contributed by atoms with Gasteiger partial charge in [-0.1, -0.05) is 66.2 Å². The summed E-state index contributed by atoms with van der Waals surface area (Å²) >= 11 is 6.06. The first kappa shape index (κ1) is 20.6. The van der Waals surface area contributed by atoms with E-state index in [9.17, 15) is 9.59 Å². The highest BCUT2D eigenvalue weighted by atomic mass is 35.5. The molecule has 0 saturated carbocycles. The minimum atomic E-state index is -0.508. The van der Waals surface area contributed by atoms with Crippen LogP contribution in [0.1, 0.15) is 27.0 Å². The molecule has 0 saturated heterocycles. The number of hydrogen-bond acceptors (Lipinski definition) is 3. The van der Waals surface area contributed by atoms with Crippen molar-refractivity contribution >= 4 is 29.2 Å². The van der Waals surface area contributed by atoms with Crippen molar-refractivity contribution in [1.82, 2.24) is 0 Å². The summed E-state index contributed by atoms with van der Waals surface area (Å²) in [6.45, 7) is 1.45. The van der Waals surface area contributed by atoms with Crippen LogP contribution >= 0.6 is 11.6 Å². The molecule has 0 fully saturated rings. The third-order valence-electron chi connectivity index (χ3n) is 4.64. The third kappa shape index (κ3) is 5.69. The molecule has 0 aliphatic rings. The largest absolute Gasteiger partial charge is 0.452 e. The Balaban J connectivity index is 1.59. The van der Waals surface area contributed by atoms with Crippen molar-refractivity contribution in [3.8, 4) is 0 Å². The zero-order valence-corrected chi connectivity index (χ0v) is 16.9. The average molecular weight is 408 g/mol. The second kappa shape index (κ2) is 9.89. The molecule has 148 valence electrons. The van der Waals surface area contributed by atoms with E-state index < -0.39 is 11.9 Å². The highest BCUT2D eigenvalue weighted by Gasteiger charge is 2.15. The van der Waals surface area contributed by atoms with E-state index in [2.05, 4.69) is 17.4 Å². The van der Waals surface area contributed by atoms with Gasteiger partial charge in [0, 0.05) is 10.7 Å². The lowest BCUT2D eigenvalue weighted by Gasteiger charge is -2.11. The molecule has 0 spiro atoms. The molecule has 0 aliphatic carbocycles. The Morgan fingerprint density at radius 3 is 2.41 bits per heavy atom. The Hall–Kier alpha value is -3.11. The van der Waals surface area contributed by atoms with Crippen LogP contribution in [-0.4, -0.2) is 18.5 Å². The number of halogens is 1. The van der Waals surface area contributed by atoms with Crippen LogP contribution in [-0.2, 0) is 22.4 Å². The number of benzene rings is 3. The summed E-state index contributed by atoms with van der Waals surface area (Å²) in [6, 6.07) is 22.7. The molecular weight excluding hydrogens is 386 g/mol. The van der Waals surface area contributed by atoms with Gasteiger partial charge >= 0.3 is 5.97 Å². The number of amides is 1. The van der Waals surface area contributed by atoms with E-state index >= 15 is 0 Å². The molecule has 1 amide bonds. The van der Waals surface area contributed by atoms with Gasteiger partial charge in [-0.15, -0.1) is 0 Å². The van der Waals surface area contributed by atoms with Crippen molar-refractivity contribution in [3.63, 3.8) is 0 Å². The van der Waals surface area contributed by atoms with Crippen molar-refractivity contribution < 1.29 is 14.3 Å². The maximum Gasteiger partial charge on any atom is 0.338 e. The van der Waals surface area contributed by atoms with Crippen LogP contribution in [0.2, 0.25) is 5.02 Å². The van der Waals surface area contributed by atoms with Crippen LogP contribution in [0.4, 0.5) is 5.69 Å². The average Bonchev–Trinajstić information content (AvgIpc) is 2.75. The summed E-state index contributed by atoms with van der Waals surface area (Å²) in [6.07, 6.45) is 1.53. The minimum Gasteiger partial charge on any atom is -0.452 e. The van der Waals surface area contributed by atoms with Gasteiger partial charge in [0.05, 0.1) is 5.56 Å². The summed E-state index contributed by atoms with van der Waals surface area (Å²) in [7, 11) is 0. The highest BCUT2D eigenvalue weighted by Crippen LogP contribution is 2.22. The number of rotatable bonds is 7. The van der Waals surface area contributed by atoms with Gasteiger partial charge in [0.15, 0.2) is 6.61 Å². The molecule has 0 atom stereocenters. The first-order chi connectivity index (χ1) is 14.0. The maximum absolute atomic E-state index is 12.5. The number of hydrogen-bond donors (Lipinski definition) is 1. The number of ether oxygens (including phenoxy) is 1. The molecule has 3 aromatic rings. The molecule has 0 heterocycles. The van der Waals surface area contributed by atoms with E-state index in [-0.39, 0.29) is 6.61 Å². The fourth-order valence-electron chi connectivity index (χ4n) is 3.00. The zero-order chi connectivity index (χ0) is 20.6. The molecule has 29 heavy (non-hydrogen) atoms. The number of anilines is 1. The van der Waals surface area contributed by atoms with Gasteiger partial charge in [0.25, 0.3) is 5.91 Å². The van der Waals surface area contributed by atoms with Crippen LogP contribution in [0.15, 0.2) is 72.8 Å². The first-order valence-electron chi connectivity index (χ1n) is 9.38. The zero-order valence-electron chi connectivity index (χ0n) is 16.2. The lowest BCUT2D eigenvalue weighted by Crippen LogP contribution is -2.22. The molecular formula is C24H22ClNO3. The standard InChI is InChI=1S/C24H22ClNO3/c1-17-21(25)12-7-13-22(17)26-23(27)16-29-24(28)20-11-6-5-10-19(20)15-14-18-8-3-2-4-9-18/h2-13H,14-16H2,1H3,(H,26,27). The quantitative estimate of drug-likeness (QED) is 0.545. The normalized spacial score (nSPS) is 10.4. The number of esters is 1. The van der Waals surface area contributed by atoms with E-state index in [1.807, 2.05) is 37.3 Å². The second-order valence-corrected chi connectivity index (χ2v) is 7.09. The highest BCUT2D eigenvalue weighted by molar-refractivity contribution is 6.31. The Bertz CT molecular complexity index is 1000. The van der Waals surface area contributed by atoms with Gasteiger partial charge in [-0.2, -0.15) is 0 Å².